The number of hydrogen-bond acceptors (Lipinski definition) is 3. The fourth-order valence-corrected chi connectivity index (χ4v) is 1.32. The van der Waals surface area contributed by atoms with Gasteiger partial charge in [-0.1, -0.05) is 0 Å². The molecule has 1 heterocycles. The lowest BCUT2D eigenvalue weighted by molar-refractivity contribution is -0.275. The number of rotatable bonds is 3. The largest absolute Gasteiger partial charge is 0.573 e. The molecule has 0 atom stereocenters. The maximum absolute atomic E-state index is 12.1. The van der Waals surface area contributed by atoms with Crippen molar-refractivity contribution < 1.29 is 17.9 Å². The van der Waals surface area contributed by atoms with Gasteiger partial charge in [-0.25, -0.2) is 0 Å². The van der Waals surface area contributed by atoms with Crippen molar-refractivity contribution in [3.05, 3.63) is 27.7 Å². The van der Waals surface area contributed by atoms with Gasteiger partial charge in [-0.15, -0.1) is 24.8 Å². The fourth-order valence-electron chi connectivity index (χ4n) is 1.12. The number of hydrogen-bond donors (Lipinski definition) is 1. The van der Waals surface area contributed by atoms with Crippen molar-refractivity contribution in [3.63, 3.8) is 0 Å². The lowest BCUT2D eigenvalue weighted by Crippen LogP contribution is -2.21. The molecule has 0 aromatic carbocycles. The van der Waals surface area contributed by atoms with Crippen LogP contribution in [-0.2, 0) is 12.3 Å². The molecule has 8 heteroatoms. The molecule has 0 saturated carbocycles. The van der Waals surface area contributed by atoms with E-state index in [1.807, 2.05) is 0 Å². The van der Waals surface area contributed by atoms with E-state index in [0.29, 0.717) is 0 Å². The molecule has 0 radical (unpaired) electrons. The first kappa shape index (κ1) is 13.4. The van der Waals surface area contributed by atoms with Crippen molar-refractivity contribution in [2.45, 2.75) is 18.7 Å². The van der Waals surface area contributed by atoms with E-state index in [4.69, 9.17) is 16.9 Å². The minimum absolute atomic E-state index is 0.111. The summed E-state index contributed by atoms with van der Waals surface area (Å²) in [6, 6.07) is 2.53. The highest BCUT2D eigenvalue weighted by Gasteiger charge is 2.32. The highest BCUT2D eigenvalue weighted by Crippen LogP contribution is 2.26. The Morgan fingerprint density at radius 2 is 2.18 bits per heavy atom. The van der Waals surface area contributed by atoms with E-state index >= 15 is 0 Å². The molecular weight excluding hydrogens is 261 g/mol. The summed E-state index contributed by atoms with van der Waals surface area (Å²) in [7, 11) is 0. The third kappa shape index (κ3) is 3.67. The van der Waals surface area contributed by atoms with E-state index in [9.17, 15) is 18.0 Å². The van der Waals surface area contributed by atoms with Gasteiger partial charge in [-0.2, -0.15) is 5.26 Å². The minimum Gasteiger partial charge on any atom is -0.404 e. The van der Waals surface area contributed by atoms with Gasteiger partial charge in [-0.05, 0) is 6.07 Å². The molecule has 0 fully saturated rings. The predicted octanol–water partition coefficient (Wildman–Crippen LogP) is 2.08. The average molecular weight is 267 g/mol. The van der Waals surface area contributed by atoms with Crippen molar-refractivity contribution in [2.75, 3.05) is 0 Å². The highest BCUT2D eigenvalue weighted by atomic mass is 35.5. The number of H-pyrrole nitrogens is 1. The average Bonchev–Trinajstić information content (AvgIpc) is 2.20. The van der Waals surface area contributed by atoms with Gasteiger partial charge in [0, 0.05) is 5.56 Å². The van der Waals surface area contributed by atoms with Crippen molar-refractivity contribution in [3.8, 4) is 11.8 Å². The number of pyridine rings is 1. The molecule has 1 rings (SSSR count). The first-order valence-electron chi connectivity index (χ1n) is 4.31. The zero-order chi connectivity index (χ0) is 13.1. The summed E-state index contributed by atoms with van der Waals surface area (Å²) < 4.78 is 39.9. The normalized spacial score (nSPS) is 11.0. The molecule has 0 aliphatic carbocycles. The Balaban J connectivity index is 3.23. The maximum Gasteiger partial charge on any atom is 0.573 e. The predicted molar refractivity (Wildman–Crippen MR) is 52.6 cm³/mol. The van der Waals surface area contributed by atoms with Gasteiger partial charge in [-0.3, -0.25) is 4.79 Å². The van der Waals surface area contributed by atoms with Crippen LogP contribution in [0.4, 0.5) is 13.2 Å². The van der Waals surface area contributed by atoms with Crippen LogP contribution in [-0.4, -0.2) is 11.3 Å². The van der Waals surface area contributed by atoms with Gasteiger partial charge in [0.2, 0.25) is 0 Å². The lowest BCUT2D eigenvalue weighted by Gasteiger charge is -2.12. The van der Waals surface area contributed by atoms with Crippen LogP contribution < -0.4 is 10.3 Å². The molecule has 0 aliphatic heterocycles. The second kappa shape index (κ2) is 5.10. The zero-order valence-electron chi connectivity index (χ0n) is 8.27. The van der Waals surface area contributed by atoms with Crippen molar-refractivity contribution in [2.24, 2.45) is 0 Å². The third-order valence-corrected chi connectivity index (χ3v) is 2.05. The summed E-state index contributed by atoms with van der Waals surface area (Å²) in [5, 5.41) is 8.40. The Morgan fingerprint density at radius 1 is 1.53 bits per heavy atom. The number of nitrogens with one attached hydrogen (secondary N) is 1. The number of alkyl halides is 4. The van der Waals surface area contributed by atoms with E-state index in [0.717, 1.165) is 6.07 Å². The molecule has 0 saturated heterocycles. The monoisotopic (exact) mass is 266 g/mol. The van der Waals surface area contributed by atoms with Crippen LogP contribution in [0.15, 0.2) is 10.9 Å². The van der Waals surface area contributed by atoms with Crippen LogP contribution >= 0.6 is 11.6 Å². The van der Waals surface area contributed by atoms with Gasteiger partial charge in [0.25, 0.3) is 5.56 Å². The molecular formula is C9H6ClF3N2O2. The van der Waals surface area contributed by atoms with E-state index in [2.05, 4.69) is 9.72 Å². The summed E-state index contributed by atoms with van der Waals surface area (Å²) in [5.41, 5.74) is -0.951. The number of nitrogens with zero attached hydrogens (tertiary/aromatic N) is 1. The van der Waals surface area contributed by atoms with E-state index in [-0.39, 0.29) is 23.6 Å². The van der Waals surface area contributed by atoms with Crippen LogP contribution in [0, 0.1) is 11.3 Å². The Hall–Kier alpha value is -1.68. The van der Waals surface area contributed by atoms with E-state index < -0.39 is 17.7 Å². The molecule has 92 valence electrons. The number of halogens is 4. The Kier molecular flexibility index (Phi) is 4.02. The lowest BCUT2D eigenvalue weighted by atomic mass is 10.2. The van der Waals surface area contributed by atoms with Gasteiger partial charge >= 0.3 is 6.36 Å². The van der Waals surface area contributed by atoms with Crippen LogP contribution in [0.2, 0.25) is 0 Å². The van der Waals surface area contributed by atoms with Crippen LogP contribution in [0.1, 0.15) is 11.3 Å². The molecule has 0 unspecified atom stereocenters. The molecule has 0 spiro atoms. The number of aromatic amines is 1. The smallest absolute Gasteiger partial charge is 0.404 e. The molecule has 17 heavy (non-hydrogen) atoms. The van der Waals surface area contributed by atoms with Gasteiger partial charge < -0.3 is 9.72 Å². The van der Waals surface area contributed by atoms with Gasteiger partial charge in [0.05, 0.1) is 24.1 Å². The van der Waals surface area contributed by atoms with Crippen molar-refractivity contribution in [1.29, 1.82) is 5.26 Å². The van der Waals surface area contributed by atoms with E-state index in [1.165, 1.54) is 0 Å². The van der Waals surface area contributed by atoms with Crippen LogP contribution in [0.5, 0.6) is 5.75 Å². The summed E-state index contributed by atoms with van der Waals surface area (Å²) >= 11 is 5.38. The van der Waals surface area contributed by atoms with E-state index in [1.54, 1.807) is 6.07 Å². The number of ether oxygens (including phenoxy) is 1. The summed E-state index contributed by atoms with van der Waals surface area (Å²) in [5.74, 6) is -0.939. The quantitative estimate of drug-likeness (QED) is 0.852. The van der Waals surface area contributed by atoms with Gasteiger partial charge in [0.15, 0.2) is 5.75 Å². The standard InChI is InChI=1S/C9H6ClF3N2O2/c10-4-6-7(17-9(11,12)13)3-5(1-2-14)8(16)15-6/h3H,1,4H2,(H,15,16). The van der Waals surface area contributed by atoms with Crippen LogP contribution in [0.3, 0.4) is 0 Å². The summed E-state index contributed by atoms with van der Waals surface area (Å²) in [6.07, 6.45) is -5.20. The van der Waals surface area contributed by atoms with Crippen molar-refractivity contribution in [1.82, 2.24) is 4.98 Å². The molecule has 1 N–H and O–H groups in total. The third-order valence-electron chi connectivity index (χ3n) is 1.79. The maximum atomic E-state index is 12.1. The fraction of sp³-hybridized carbons (Fsp3) is 0.333. The molecule has 0 aliphatic rings. The summed E-state index contributed by atoms with van der Waals surface area (Å²) in [6.45, 7) is 0. The molecule has 1 aromatic rings. The molecule has 1 aromatic heterocycles. The zero-order valence-corrected chi connectivity index (χ0v) is 9.02. The van der Waals surface area contributed by atoms with Crippen molar-refractivity contribution >= 4 is 11.6 Å². The Bertz CT molecular complexity index is 504. The summed E-state index contributed by atoms with van der Waals surface area (Å²) in [4.78, 5) is 13.4. The number of aromatic nitrogens is 1. The number of nitriles is 1. The Morgan fingerprint density at radius 3 is 2.65 bits per heavy atom. The SMILES string of the molecule is N#CCc1cc(OC(F)(F)F)c(CCl)[nH]c1=O. The van der Waals surface area contributed by atoms with Crippen LogP contribution in [0.25, 0.3) is 0 Å². The molecule has 0 bridgehead atoms. The highest BCUT2D eigenvalue weighted by molar-refractivity contribution is 6.17. The molecule has 0 amide bonds. The van der Waals surface area contributed by atoms with Gasteiger partial charge in [0.1, 0.15) is 0 Å². The molecule has 4 nitrogen and oxygen atoms in total. The minimum atomic E-state index is -4.89. The second-order valence-electron chi connectivity index (χ2n) is 2.98. The Labute approximate surface area is 98.6 Å². The first-order valence-corrected chi connectivity index (χ1v) is 4.84. The topological polar surface area (TPSA) is 65.9 Å². The second-order valence-corrected chi connectivity index (χ2v) is 3.25. The first-order chi connectivity index (χ1) is 7.87.